The zero-order valence-electron chi connectivity index (χ0n) is 11.1. The number of hydrogen-bond acceptors (Lipinski definition) is 5. The van der Waals surface area contributed by atoms with Gasteiger partial charge in [-0.2, -0.15) is 0 Å². The van der Waals surface area contributed by atoms with Crippen molar-refractivity contribution in [1.29, 1.82) is 0 Å². The first kappa shape index (κ1) is 12.4. The van der Waals surface area contributed by atoms with E-state index in [4.69, 9.17) is 5.73 Å². The van der Waals surface area contributed by atoms with Gasteiger partial charge in [-0.3, -0.25) is 0 Å². The molecule has 5 nitrogen and oxygen atoms in total. The predicted molar refractivity (Wildman–Crippen MR) is 72.1 cm³/mol. The van der Waals surface area contributed by atoms with E-state index in [1.165, 1.54) is 20.0 Å². The van der Waals surface area contributed by atoms with Gasteiger partial charge in [-0.1, -0.05) is 0 Å². The average molecular weight is 261 g/mol. The Morgan fingerprint density at radius 2 is 2.05 bits per heavy atom. The minimum absolute atomic E-state index is 0.322. The maximum Gasteiger partial charge on any atom is 0.339 e. The van der Waals surface area contributed by atoms with E-state index in [-0.39, 0.29) is 5.97 Å². The number of esters is 1. The van der Waals surface area contributed by atoms with E-state index >= 15 is 0 Å². The molecule has 2 saturated heterocycles. The second kappa shape index (κ2) is 4.81. The number of rotatable bonds is 2. The standard InChI is InChI=1S/C14H19N3O2/c1-19-14(18)9-2-5-13(16-8-9)17-11-3-4-12(17)7-10(15)6-11/h2,5,8,10-12H,3-4,6-7,15H2,1H3. The van der Waals surface area contributed by atoms with Crippen LogP contribution in [0.3, 0.4) is 0 Å². The summed E-state index contributed by atoms with van der Waals surface area (Å²) in [5.41, 5.74) is 6.56. The van der Waals surface area contributed by atoms with E-state index in [0.717, 1.165) is 18.7 Å². The molecule has 0 amide bonds. The number of hydrogen-bond donors (Lipinski definition) is 1. The third-order valence-corrected chi connectivity index (χ3v) is 4.20. The fourth-order valence-electron chi connectivity index (χ4n) is 3.37. The van der Waals surface area contributed by atoms with Crippen LogP contribution in [0.15, 0.2) is 18.3 Å². The number of methoxy groups -OCH3 is 1. The van der Waals surface area contributed by atoms with Crippen molar-refractivity contribution in [3.05, 3.63) is 23.9 Å². The van der Waals surface area contributed by atoms with Crippen LogP contribution in [0.25, 0.3) is 0 Å². The van der Waals surface area contributed by atoms with Crippen molar-refractivity contribution in [3.8, 4) is 0 Å². The topological polar surface area (TPSA) is 68.5 Å². The molecule has 2 N–H and O–H groups in total. The number of nitrogens with two attached hydrogens (primary N) is 1. The molecule has 2 aliphatic rings. The highest BCUT2D eigenvalue weighted by atomic mass is 16.5. The molecule has 0 radical (unpaired) electrons. The first-order valence-electron chi connectivity index (χ1n) is 6.77. The van der Waals surface area contributed by atoms with Gasteiger partial charge in [0.15, 0.2) is 0 Å². The molecule has 2 aliphatic heterocycles. The third kappa shape index (κ3) is 2.18. The van der Waals surface area contributed by atoms with Crippen molar-refractivity contribution >= 4 is 11.8 Å². The Labute approximate surface area is 112 Å². The molecule has 2 fully saturated rings. The van der Waals surface area contributed by atoms with E-state index in [1.807, 2.05) is 6.07 Å². The third-order valence-electron chi connectivity index (χ3n) is 4.20. The maximum atomic E-state index is 11.4. The molecule has 19 heavy (non-hydrogen) atoms. The van der Waals surface area contributed by atoms with E-state index < -0.39 is 0 Å². The fraction of sp³-hybridized carbons (Fsp3) is 0.571. The van der Waals surface area contributed by atoms with Crippen LogP contribution < -0.4 is 10.6 Å². The minimum Gasteiger partial charge on any atom is -0.465 e. The van der Waals surface area contributed by atoms with Crippen LogP contribution in [0.2, 0.25) is 0 Å². The summed E-state index contributed by atoms with van der Waals surface area (Å²) in [6.45, 7) is 0. The number of carbonyl (C=O) groups is 1. The lowest BCUT2D eigenvalue weighted by Crippen LogP contribution is -2.47. The highest BCUT2D eigenvalue weighted by Crippen LogP contribution is 2.37. The van der Waals surface area contributed by atoms with Crippen molar-refractivity contribution in [1.82, 2.24) is 4.98 Å². The molecule has 0 spiro atoms. The van der Waals surface area contributed by atoms with E-state index in [2.05, 4.69) is 14.6 Å². The number of anilines is 1. The second-order valence-electron chi connectivity index (χ2n) is 5.42. The highest BCUT2D eigenvalue weighted by molar-refractivity contribution is 5.89. The van der Waals surface area contributed by atoms with Crippen LogP contribution in [-0.2, 0) is 4.74 Å². The maximum absolute atomic E-state index is 11.4. The smallest absolute Gasteiger partial charge is 0.339 e. The zero-order valence-corrected chi connectivity index (χ0v) is 11.1. The summed E-state index contributed by atoms with van der Waals surface area (Å²) in [5.74, 6) is 0.606. The van der Waals surface area contributed by atoms with Gasteiger partial charge in [-0.25, -0.2) is 9.78 Å². The number of carbonyl (C=O) groups excluding carboxylic acids is 1. The SMILES string of the molecule is COC(=O)c1ccc(N2C3CCC2CC(N)C3)nc1. The second-order valence-corrected chi connectivity index (χ2v) is 5.42. The summed E-state index contributed by atoms with van der Waals surface area (Å²) in [5, 5.41) is 0. The van der Waals surface area contributed by atoms with Crippen LogP contribution >= 0.6 is 0 Å². The molecule has 0 aliphatic carbocycles. The van der Waals surface area contributed by atoms with E-state index in [9.17, 15) is 4.79 Å². The molecule has 2 atom stereocenters. The van der Waals surface area contributed by atoms with Gasteiger partial charge in [-0.05, 0) is 37.8 Å². The molecule has 102 valence electrons. The molecular formula is C14H19N3O2. The van der Waals surface area contributed by atoms with Gasteiger partial charge in [0.1, 0.15) is 5.82 Å². The Morgan fingerprint density at radius 3 is 2.58 bits per heavy atom. The zero-order chi connectivity index (χ0) is 13.4. The Bertz CT molecular complexity index is 460. The van der Waals surface area contributed by atoms with Crippen LogP contribution in [0, 0.1) is 0 Å². The van der Waals surface area contributed by atoms with Crippen molar-refractivity contribution in [3.63, 3.8) is 0 Å². The van der Waals surface area contributed by atoms with Gasteiger partial charge in [-0.15, -0.1) is 0 Å². The van der Waals surface area contributed by atoms with Gasteiger partial charge in [0.05, 0.1) is 12.7 Å². The summed E-state index contributed by atoms with van der Waals surface area (Å²) < 4.78 is 4.68. The highest BCUT2D eigenvalue weighted by Gasteiger charge is 2.40. The molecule has 3 rings (SSSR count). The quantitative estimate of drug-likeness (QED) is 0.813. The average Bonchev–Trinajstić information content (AvgIpc) is 2.70. The summed E-state index contributed by atoms with van der Waals surface area (Å²) in [4.78, 5) is 18.2. The number of fused-ring (bicyclic) bond motifs is 2. The lowest BCUT2D eigenvalue weighted by atomic mass is 9.98. The number of ether oxygens (including phenoxy) is 1. The lowest BCUT2D eigenvalue weighted by Gasteiger charge is -2.38. The van der Waals surface area contributed by atoms with Crippen LogP contribution in [-0.4, -0.2) is 36.2 Å². The molecule has 1 aromatic heterocycles. The minimum atomic E-state index is -0.345. The summed E-state index contributed by atoms with van der Waals surface area (Å²) >= 11 is 0. The van der Waals surface area contributed by atoms with Crippen molar-refractivity contribution < 1.29 is 9.53 Å². The van der Waals surface area contributed by atoms with Crippen molar-refractivity contribution in [2.24, 2.45) is 5.73 Å². The molecule has 0 saturated carbocycles. The first-order valence-corrected chi connectivity index (χ1v) is 6.77. The van der Waals surface area contributed by atoms with Crippen LogP contribution in [0.1, 0.15) is 36.0 Å². The predicted octanol–water partition coefficient (Wildman–Crippen LogP) is 1.33. The Morgan fingerprint density at radius 1 is 1.37 bits per heavy atom. The van der Waals surface area contributed by atoms with Crippen LogP contribution in [0.4, 0.5) is 5.82 Å². The summed E-state index contributed by atoms with van der Waals surface area (Å²) in [6, 6.07) is 5.02. The Hall–Kier alpha value is -1.62. The van der Waals surface area contributed by atoms with Gasteiger partial charge >= 0.3 is 5.97 Å². The fourth-order valence-corrected chi connectivity index (χ4v) is 3.37. The molecule has 5 heteroatoms. The van der Waals surface area contributed by atoms with Crippen molar-refractivity contribution in [2.45, 2.75) is 43.8 Å². The Balaban J connectivity index is 1.81. The van der Waals surface area contributed by atoms with E-state index in [0.29, 0.717) is 23.7 Å². The monoisotopic (exact) mass is 261 g/mol. The van der Waals surface area contributed by atoms with Gasteiger partial charge in [0.2, 0.25) is 0 Å². The molecule has 0 aromatic carbocycles. The number of pyridine rings is 1. The van der Waals surface area contributed by atoms with Gasteiger partial charge in [0.25, 0.3) is 0 Å². The van der Waals surface area contributed by atoms with Gasteiger partial charge in [0, 0.05) is 24.3 Å². The van der Waals surface area contributed by atoms with Crippen LogP contribution in [0.5, 0.6) is 0 Å². The molecule has 2 unspecified atom stereocenters. The largest absolute Gasteiger partial charge is 0.465 e. The summed E-state index contributed by atoms with van der Waals surface area (Å²) in [7, 11) is 1.38. The number of nitrogens with zero attached hydrogens (tertiary/aromatic N) is 2. The molecule has 1 aromatic rings. The normalized spacial score (nSPS) is 29.4. The number of piperidine rings is 1. The van der Waals surface area contributed by atoms with Gasteiger partial charge < -0.3 is 15.4 Å². The molecular weight excluding hydrogens is 242 g/mol. The summed E-state index contributed by atoms with van der Waals surface area (Å²) in [6.07, 6.45) is 6.06. The van der Waals surface area contributed by atoms with E-state index in [1.54, 1.807) is 12.3 Å². The van der Waals surface area contributed by atoms with Crippen molar-refractivity contribution in [2.75, 3.05) is 12.0 Å². The first-order chi connectivity index (χ1) is 9.19. The molecule has 2 bridgehead atoms. The molecule has 3 heterocycles. The Kier molecular flexibility index (Phi) is 3.14. The number of aromatic nitrogens is 1. The lowest BCUT2D eigenvalue weighted by molar-refractivity contribution is 0.0600.